The second-order valence-electron chi connectivity index (χ2n) is 14.8. The SMILES string of the molecule is CC(C)C[C@@H]1OC(=O)[C@@H](CC(C)C)NC(=O)[C@@H](C(C)C)NC(=O)[C@H](C(C)C)OC(=O)[C@H](CC(C)C)N(C)C(=O)[C@H](C(C)C)OC1=O. The molecular weight excluding hydrogens is 594 g/mol. The summed E-state index contributed by atoms with van der Waals surface area (Å²) in [6.45, 7) is 21.5. The average molecular weight is 654 g/mol. The van der Waals surface area contributed by atoms with E-state index in [4.69, 9.17) is 14.2 Å². The van der Waals surface area contributed by atoms with Crippen molar-refractivity contribution < 1.29 is 43.0 Å². The molecule has 0 aromatic rings. The van der Waals surface area contributed by atoms with Crippen molar-refractivity contribution in [2.75, 3.05) is 7.05 Å². The van der Waals surface area contributed by atoms with Crippen LogP contribution in [0, 0.1) is 35.5 Å². The maximum Gasteiger partial charge on any atom is 0.348 e. The number of cyclic esters (lactones) is 3. The normalized spacial score (nSPS) is 26.7. The third-order valence-corrected chi connectivity index (χ3v) is 7.74. The van der Waals surface area contributed by atoms with E-state index in [1.54, 1.807) is 41.5 Å². The Bertz CT molecular complexity index is 1070. The fourth-order valence-corrected chi connectivity index (χ4v) is 5.14. The van der Waals surface area contributed by atoms with Crippen molar-refractivity contribution in [1.29, 1.82) is 0 Å². The minimum atomic E-state index is -1.35. The Kier molecular flexibility index (Phi) is 16.2. The van der Waals surface area contributed by atoms with Gasteiger partial charge in [-0.3, -0.25) is 14.4 Å². The van der Waals surface area contributed by atoms with Crippen LogP contribution in [0.2, 0.25) is 0 Å². The van der Waals surface area contributed by atoms with Crippen molar-refractivity contribution >= 4 is 35.6 Å². The van der Waals surface area contributed by atoms with Gasteiger partial charge in [-0.25, -0.2) is 14.4 Å². The van der Waals surface area contributed by atoms with Gasteiger partial charge < -0.3 is 29.7 Å². The lowest BCUT2D eigenvalue weighted by Gasteiger charge is -2.34. The molecule has 1 saturated heterocycles. The molecule has 0 radical (unpaired) electrons. The number of nitrogens with zero attached hydrogens (tertiary/aromatic N) is 1. The van der Waals surface area contributed by atoms with E-state index in [0.29, 0.717) is 0 Å². The molecular formula is C34H59N3O9. The van der Waals surface area contributed by atoms with Crippen molar-refractivity contribution in [3.8, 4) is 0 Å². The van der Waals surface area contributed by atoms with Gasteiger partial charge in [0.15, 0.2) is 18.3 Å². The van der Waals surface area contributed by atoms with E-state index < -0.39 is 89.8 Å². The van der Waals surface area contributed by atoms with Crippen molar-refractivity contribution in [2.24, 2.45) is 35.5 Å². The van der Waals surface area contributed by atoms with Crippen molar-refractivity contribution in [3.63, 3.8) is 0 Å². The fraction of sp³-hybridized carbons (Fsp3) is 0.824. The summed E-state index contributed by atoms with van der Waals surface area (Å²) in [5.74, 6) is -5.97. The third-order valence-electron chi connectivity index (χ3n) is 7.74. The largest absolute Gasteiger partial charge is 0.450 e. The monoisotopic (exact) mass is 653 g/mol. The van der Waals surface area contributed by atoms with Crippen molar-refractivity contribution in [2.45, 2.75) is 139 Å². The average Bonchev–Trinajstić information content (AvgIpc) is 2.92. The summed E-state index contributed by atoms with van der Waals surface area (Å²) in [6, 6.07) is -3.30. The maximum absolute atomic E-state index is 13.9. The first kappa shape index (κ1) is 40.8. The lowest BCUT2D eigenvalue weighted by Crippen LogP contribution is -2.57. The van der Waals surface area contributed by atoms with Crippen LogP contribution in [0.15, 0.2) is 0 Å². The minimum Gasteiger partial charge on any atom is -0.450 e. The number of carbonyl (C=O) groups is 6. The molecule has 3 amide bonds. The number of likely N-dealkylation sites (N-methyl/N-ethyl adjacent to an activating group) is 1. The molecule has 1 heterocycles. The Morgan fingerprint density at radius 3 is 1.52 bits per heavy atom. The second-order valence-corrected chi connectivity index (χ2v) is 14.8. The highest BCUT2D eigenvalue weighted by Gasteiger charge is 2.41. The smallest absolute Gasteiger partial charge is 0.348 e. The predicted octanol–water partition coefficient (Wildman–Crippen LogP) is 3.64. The maximum atomic E-state index is 13.9. The number of ether oxygens (including phenoxy) is 3. The molecule has 1 aliphatic heterocycles. The van der Waals surface area contributed by atoms with Crippen molar-refractivity contribution in [3.05, 3.63) is 0 Å². The molecule has 0 aromatic heterocycles. The van der Waals surface area contributed by atoms with Gasteiger partial charge in [-0.1, -0.05) is 83.1 Å². The van der Waals surface area contributed by atoms with Crippen LogP contribution in [0.25, 0.3) is 0 Å². The van der Waals surface area contributed by atoms with E-state index in [-0.39, 0.29) is 37.0 Å². The highest BCUT2D eigenvalue weighted by atomic mass is 16.6. The van der Waals surface area contributed by atoms with Gasteiger partial charge in [-0.15, -0.1) is 0 Å². The Morgan fingerprint density at radius 1 is 0.565 bits per heavy atom. The Hall–Kier alpha value is -3.18. The molecule has 1 rings (SSSR count). The summed E-state index contributed by atoms with van der Waals surface area (Å²) in [5.41, 5.74) is 0. The molecule has 2 N–H and O–H groups in total. The third kappa shape index (κ3) is 12.2. The molecule has 264 valence electrons. The van der Waals surface area contributed by atoms with Crippen LogP contribution in [0.3, 0.4) is 0 Å². The van der Waals surface area contributed by atoms with Gasteiger partial charge in [0.05, 0.1) is 0 Å². The molecule has 12 heteroatoms. The number of hydrogen-bond acceptors (Lipinski definition) is 9. The zero-order chi connectivity index (χ0) is 35.6. The standard InChI is InChI=1S/C34H59N3O9/c1-17(2)14-23-32(41)44-25(16-19(5)6)34(43)46-28(22(11)12)31(40)37(13)24(15-18(3)4)33(42)45-27(21(9)10)30(39)36-26(20(7)8)29(38)35-23/h17-28H,14-16H2,1-13H3,(H,35,38)(H,36,39)/t23-,24+,25+,26-,27+,28+/m1/s1. The van der Waals surface area contributed by atoms with E-state index in [1.807, 2.05) is 41.5 Å². The molecule has 6 atom stereocenters. The molecule has 1 fully saturated rings. The van der Waals surface area contributed by atoms with Gasteiger partial charge in [-0.2, -0.15) is 0 Å². The lowest BCUT2D eigenvalue weighted by atomic mass is 9.98. The van der Waals surface area contributed by atoms with Gasteiger partial charge in [0.1, 0.15) is 18.1 Å². The molecule has 0 spiro atoms. The Labute approximate surface area is 275 Å². The number of rotatable bonds is 9. The van der Waals surface area contributed by atoms with Gasteiger partial charge in [0, 0.05) is 7.05 Å². The number of carbonyl (C=O) groups excluding carboxylic acids is 6. The van der Waals surface area contributed by atoms with Crippen molar-refractivity contribution in [1.82, 2.24) is 15.5 Å². The number of amides is 3. The molecule has 0 unspecified atom stereocenters. The molecule has 0 saturated carbocycles. The topological polar surface area (TPSA) is 157 Å². The molecule has 46 heavy (non-hydrogen) atoms. The van der Waals surface area contributed by atoms with E-state index in [9.17, 15) is 28.8 Å². The zero-order valence-electron chi connectivity index (χ0n) is 30.2. The first-order valence-corrected chi connectivity index (χ1v) is 16.7. The van der Waals surface area contributed by atoms with Crippen LogP contribution in [0.1, 0.15) is 102 Å². The highest BCUT2D eigenvalue weighted by Crippen LogP contribution is 2.22. The first-order valence-electron chi connectivity index (χ1n) is 16.7. The van der Waals surface area contributed by atoms with Crippen LogP contribution in [-0.2, 0) is 43.0 Å². The van der Waals surface area contributed by atoms with Crippen LogP contribution in [0.4, 0.5) is 0 Å². The first-order chi connectivity index (χ1) is 21.2. The quantitative estimate of drug-likeness (QED) is 0.280. The van der Waals surface area contributed by atoms with Crippen LogP contribution >= 0.6 is 0 Å². The Morgan fingerprint density at radius 2 is 1.07 bits per heavy atom. The molecule has 1 aliphatic rings. The van der Waals surface area contributed by atoms with E-state index >= 15 is 0 Å². The summed E-state index contributed by atoms with van der Waals surface area (Å²) >= 11 is 0. The summed E-state index contributed by atoms with van der Waals surface area (Å²) in [6.07, 6.45) is -3.38. The van der Waals surface area contributed by atoms with Crippen LogP contribution in [-0.4, -0.2) is 84.0 Å². The summed E-state index contributed by atoms with van der Waals surface area (Å²) < 4.78 is 17.2. The predicted molar refractivity (Wildman–Crippen MR) is 173 cm³/mol. The van der Waals surface area contributed by atoms with Gasteiger partial charge >= 0.3 is 17.9 Å². The summed E-state index contributed by atoms with van der Waals surface area (Å²) in [5, 5.41) is 5.43. The minimum absolute atomic E-state index is 0.0414. The number of nitrogens with one attached hydrogen (secondary N) is 2. The number of esters is 3. The highest BCUT2D eigenvalue weighted by molar-refractivity contribution is 5.94. The number of hydrogen-bond donors (Lipinski definition) is 2. The van der Waals surface area contributed by atoms with E-state index in [0.717, 1.165) is 0 Å². The summed E-state index contributed by atoms with van der Waals surface area (Å²) in [4.78, 5) is 83.1. The summed E-state index contributed by atoms with van der Waals surface area (Å²) in [7, 11) is 1.43. The van der Waals surface area contributed by atoms with E-state index in [1.165, 1.54) is 11.9 Å². The molecule has 0 bridgehead atoms. The molecule has 0 aliphatic carbocycles. The molecule has 0 aromatic carbocycles. The van der Waals surface area contributed by atoms with Crippen LogP contribution in [0.5, 0.6) is 0 Å². The van der Waals surface area contributed by atoms with E-state index in [2.05, 4.69) is 10.6 Å². The van der Waals surface area contributed by atoms with Gasteiger partial charge in [0.25, 0.3) is 11.8 Å². The fourth-order valence-electron chi connectivity index (χ4n) is 5.14. The second kappa shape index (κ2) is 18.2. The van der Waals surface area contributed by atoms with Gasteiger partial charge in [0.2, 0.25) is 5.91 Å². The van der Waals surface area contributed by atoms with Crippen LogP contribution < -0.4 is 10.6 Å². The van der Waals surface area contributed by atoms with Gasteiger partial charge in [-0.05, 0) is 54.8 Å². The zero-order valence-corrected chi connectivity index (χ0v) is 30.2. The molecule has 12 nitrogen and oxygen atoms in total. The Balaban J connectivity index is 3.81. The lowest BCUT2D eigenvalue weighted by molar-refractivity contribution is -0.181.